The van der Waals surface area contributed by atoms with E-state index in [0.717, 1.165) is 24.2 Å². The van der Waals surface area contributed by atoms with E-state index in [9.17, 15) is 4.79 Å². The van der Waals surface area contributed by atoms with Crippen molar-refractivity contribution in [1.29, 1.82) is 0 Å². The fraction of sp³-hybridized carbons (Fsp3) is 0.588. The van der Waals surface area contributed by atoms with Gasteiger partial charge >= 0.3 is 0 Å². The maximum absolute atomic E-state index is 12.6. The van der Waals surface area contributed by atoms with Gasteiger partial charge in [0.15, 0.2) is 0 Å². The highest BCUT2D eigenvalue weighted by molar-refractivity contribution is 8.00. The number of aryl methyl sites for hydroxylation is 1. The topological polar surface area (TPSA) is 72.4 Å². The summed E-state index contributed by atoms with van der Waals surface area (Å²) in [6, 6.07) is 2.16. The highest BCUT2D eigenvalue weighted by Gasteiger charge is 2.27. The number of aromatic nitrogens is 2. The van der Waals surface area contributed by atoms with Crippen LogP contribution in [-0.2, 0) is 4.79 Å². The fourth-order valence-electron chi connectivity index (χ4n) is 3.11. The Morgan fingerprint density at radius 2 is 2.08 bits per heavy atom. The SMILES string of the molecule is Cc1occc1-c1nnc(SC(C)C(=O)N(C)C2CCCCC2)o1. The number of amides is 1. The molecule has 0 bridgehead atoms. The third kappa shape index (κ3) is 3.66. The summed E-state index contributed by atoms with van der Waals surface area (Å²) in [7, 11) is 1.91. The van der Waals surface area contributed by atoms with Gasteiger partial charge in [0, 0.05) is 13.1 Å². The average molecular weight is 349 g/mol. The first-order chi connectivity index (χ1) is 11.6. The average Bonchev–Trinajstić information content (AvgIpc) is 3.22. The van der Waals surface area contributed by atoms with E-state index in [1.54, 1.807) is 12.3 Å². The molecule has 1 fully saturated rings. The Hall–Kier alpha value is -1.76. The molecule has 2 heterocycles. The molecule has 0 aromatic carbocycles. The van der Waals surface area contributed by atoms with Crippen LogP contribution in [0.1, 0.15) is 44.8 Å². The van der Waals surface area contributed by atoms with Gasteiger partial charge in [0.2, 0.25) is 5.91 Å². The lowest BCUT2D eigenvalue weighted by atomic mass is 9.94. The Kier molecular flexibility index (Phi) is 5.28. The van der Waals surface area contributed by atoms with Gasteiger partial charge < -0.3 is 13.7 Å². The normalized spacial score (nSPS) is 17.0. The lowest BCUT2D eigenvalue weighted by Gasteiger charge is -2.32. The number of carbonyl (C=O) groups is 1. The molecule has 0 saturated heterocycles. The van der Waals surface area contributed by atoms with Crippen LogP contribution in [0.25, 0.3) is 11.5 Å². The Balaban J connectivity index is 1.62. The minimum Gasteiger partial charge on any atom is -0.469 e. The van der Waals surface area contributed by atoms with Gasteiger partial charge in [-0.05, 0) is 32.8 Å². The number of furan rings is 1. The first kappa shape index (κ1) is 17.1. The number of thioether (sulfide) groups is 1. The zero-order chi connectivity index (χ0) is 17.1. The van der Waals surface area contributed by atoms with E-state index in [-0.39, 0.29) is 11.2 Å². The number of rotatable bonds is 5. The second-order valence-electron chi connectivity index (χ2n) is 6.26. The maximum atomic E-state index is 12.6. The number of nitrogens with zero attached hydrogens (tertiary/aromatic N) is 3. The Morgan fingerprint density at radius 3 is 2.75 bits per heavy atom. The van der Waals surface area contributed by atoms with Gasteiger partial charge in [0.05, 0.1) is 17.1 Å². The summed E-state index contributed by atoms with van der Waals surface area (Å²) in [4.78, 5) is 14.5. The van der Waals surface area contributed by atoms with Crippen LogP contribution in [-0.4, -0.2) is 39.3 Å². The van der Waals surface area contributed by atoms with Crippen molar-refractivity contribution in [2.24, 2.45) is 0 Å². The Labute approximate surface area is 146 Å². The van der Waals surface area contributed by atoms with Crippen molar-refractivity contribution >= 4 is 17.7 Å². The van der Waals surface area contributed by atoms with E-state index in [1.807, 2.05) is 25.8 Å². The quantitative estimate of drug-likeness (QED) is 0.762. The standard InChI is InChI=1S/C17H23N3O3S/c1-11-14(9-10-22-11)15-18-19-17(23-15)24-12(2)16(21)20(3)13-7-5-4-6-8-13/h9-10,12-13H,4-8H2,1-3H3. The lowest BCUT2D eigenvalue weighted by Crippen LogP contribution is -2.42. The molecule has 0 spiro atoms. The Bertz CT molecular complexity index is 691. The minimum atomic E-state index is -0.254. The van der Waals surface area contributed by atoms with E-state index in [4.69, 9.17) is 8.83 Å². The van der Waals surface area contributed by atoms with Crippen LogP contribution in [0.2, 0.25) is 0 Å². The van der Waals surface area contributed by atoms with Crippen LogP contribution in [0.3, 0.4) is 0 Å². The predicted octanol–water partition coefficient (Wildman–Crippen LogP) is 3.91. The molecule has 1 unspecified atom stereocenters. The summed E-state index contributed by atoms with van der Waals surface area (Å²) >= 11 is 1.31. The molecule has 6 nitrogen and oxygen atoms in total. The monoisotopic (exact) mass is 349 g/mol. The molecule has 2 aromatic heterocycles. The third-order valence-corrected chi connectivity index (χ3v) is 5.51. The largest absolute Gasteiger partial charge is 0.469 e. The van der Waals surface area contributed by atoms with Crippen molar-refractivity contribution in [2.75, 3.05) is 7.05 Å². The predicted molar refractivity (Wildman–Crippen MR) is 91.7 cm³/mol. The zero-order valence-corrected chi connectivity index (χ0v) is 15.1. The van der Waals surface area contributed by atoms with Crippen molar-refractivity contribution in [3.8, 4) is 11.5 Å². The molecular weight excluding hydrogens is 326 g/mol. The first-order valence-electron chi connectivity index (χ1n) is 8.37. The number of carbonyl (C=O) groups excluding carboxylic acids is 1. The second-order valence-corrected chi connectivity index (χ2v) is 7.56. The molecule has 1 aliphatic carbocycles. The van der Waals surface area contributed by atoms with Gasteiger partial charge in [-0.3, -0.25) is 4.79 Å². The van der Waals surface area contributed by atoms with Crippen molar-refractivity contribution in [3.05, 3.63) is 18.1 Å². The molecule has 0 N–H and O–H groups in total. The lowest BCUT2D eigenvalue weighted by molar-refractivity contribution is -0.131. The molecule has 1 amide bonds. The Morgan fingerprint density at radius 1 is 1.33 bits per heavy atom. The molecule has 1 atom stereocenters. The summed E-state index contributed by atoms with van der Waals surface area (Å²) < 4.78 is 10.9. The van der Waals surface area contributed by atoms with Gasteiger partial charge in [-0.2, -0.15) is 0 Å². The summed E-state index contributed by atoms with van der Waals surface area (Å²) in [5.74, 6) is 1.27. The second kappa shape index (κ2) is 7.42. The van der Waals surface area contributed by atoms with Gasteiger partial charge in [-0.15, -0.1) is 10.2 Å². The van der Waals surface area contributed by atoms with Crippen molar-refractivity contribution in [3.63, 3.8) is 0 Å². The van der Waals surface area contributed by atoms with Crippen molar-refractivity contribution in [1.82, 2.24) is 15.1 Å². The molecule has 2 aromatic rings. The van der Waals surface area contributed by atoms with E-state index in [1.165, 1.54) is 31.0 Å². The van der Waals surface area contributed by atoms with E-state index in [2.05, 4.69) is 10.2 Å². The van der Waals surface area contributed by atoms with E-state index < -0.39 is 0 Å². The molecule has 24 heavy (non-hydrogen) atoms. The maximum Gasteiger partial charge on any atom is 0.277 e. The van der Waals surface area contributed by atoms with E-state index >= 15 is 0 Å². The molecule has 130 valence electrons. The summed E-state index contributed by atoms with van der Waals surface area (Å²) in [5.41, 5.74) is 0.785. The summed E-state index contributed by atoms with van der Waals surface area (Å²) in [6.07, 6.45) is 7.49. The van der Waals surface area contributed by atoms with Crippen LogP contribution in [0.5, 0.6) is 0 Å². The van der Waals surface area contributed by atoms with Crippen molar-refractivity contribution < 1.29 is 13.6 Å². The van der Waals surface area contributed by atoms with Gasteiger partial charge in [0.25, 0.3) is 11.1 Å². The van der Waals surface area contributed by atoms with E-state index in [0.29, 0.717) is 17.2 Å². The van der Waals surface area contributed by atoms with Gasteiger partial charge in [0.1, 0.15) is 5.76 Å². The molecule has 7 heteroatoms. The third-order valence-electron chi connectivity index (χ3n) is 4.59. The molecular formula is C17H23N3O3S. The highest BCUT2D eigenvalue weighted by atomic mass is 32.2. The molecule has 0 aliphatic heterocycles. The van der Waals surface area contributed by atoms with Crippen LogP contribution in [0.4, 0.5) is 0 Å². The zero-order valence-electron chi connectivity index (χ0n) is 14.3. The van der Waals surface area contributed by atoms with Gasteiger partial charge in [-0.1, -0.05) is 31.0 Å². The van der Waals surface area contributed by atoms with Crippen LogP contribution in [0, 0.1) is 6.92 Å². The molecule has 0 radical (unpaired) electrons. The van der Waals surface area contributed by atoms with Gasteiger partial charge in [-0.25, -0.2) is 0 Å². The molecule has 1 saturated carbocycles. The fourth-order valence-corrected chi connectivity index (χ4v) is 3.89. The van der Waals surface area contributed by atoms with Crippen LogP contribution >= 0.6 is 11.8 Å². The molecule has 1 aliphatic rings. The van der Waals surface area contributed by atoms with Crippen molar-refractivity contribution in [2.45, 2.75) is 62.5 Å². The smallest absolute Gasteiger partial charge is 0.277 e. The molecule has 3 rings (SSSR count). The number of hydrogen-bond donors (Lipinski definition) is 0. The van der Waals surface area contributed by atoms with Crippen LogP contribution in [0.15, 0.2) is 26.4 Å². The van der Waals surface area contributed by atoms with Crippen LogP contribution < -0.4 is 0 Å². The summed E-state index contributed by atoms with van der Waals surface area (Å²) in [6.45, 7) is 3.73. The highest BCUT2D eigenvalue weighted by Crippen LogP contribution is 2.30. The number of hydrogen-bond acceptors (Lipinski definition) is 6. The first-order valence-corrected chi connectivity index (χ1v) is 9.25. The summed E-state index contributed by atoms with van der Waals surface area (Å²) in [5, 5.41) is 8.24. The minimum absolute atomic E-state index is 0.117.